The van der Waals surface area contributed by atoms with Crippen molar-refractivity contribution >= 4 is 44.4 Å². The van der Waals surface area contributed by atoms with E-state index < -0.39 is 15.3 Å². The molecule has 1 amide bonds. The number of aryl methyl sites for hydroxylation is 1. The molecule has 9 heteroatoms. The van der Waals surface area contributed by atoms with Crippen LogP contribution in [0.15, 0.2) is 52.5 Å². The number of H-pyrrole nitrogens is 1. The summed E-state index contributed by atoms with van der Waals surface area (Å²) in [5, 5.41) is 3.07. The Hall–Kier alpha value is -2.36. The number of para-hydroxylation sites is 2. The second kappa shape index (κ2) is 7.94. The van der Waals surface area contributed by atoms with Gasteiger partial charge in [-0.2, -0.15) is 0 Å². The Labute approximate surface area is 168 Å². The number of amides is 1. The van der Waals surface area contributed by atoms with Gasteiger partial charge in [-0.05, 0) is 43.7 Å². The maximum Gasteiger partial charge on any atom is 0.242 e. The van der Waals surface area contributed by atoms with Gasteiger partial charge in [-0.3, -0.25) is 4.79 Å². The fourth-order valence-electron chi connectivity index (χ4n) is 2.55. The first-order valence-electron chi connectivity index (χ1n) is 8.64. The third-order valence-electron chi connectivity index (χ3n) is 4.27. The summed E-state index contributed by atoms with van der Waals surface area (Å²) in [5.41, 5.74) is 3.02. The van der Waals surface area contributed by atoms with Gasteiger partial charge < -0.3 is 10.3 Å². The van der Waals surface area contributed by atoms with Crippen LogP contribution in [0.25, 0.3) is 11.0 Å². The molecule has 1 unspecified atom stereocenters. The number of rotatable bonds is 6. The molecular weight excluding hydrogens is 396 g/mol. The summed E-state index contributed by atoms with van der Waals surface area (Å²) >= 11 is 1.31. The molecule has 1 atom stereocenters. The molecule has 28 heavy (non-hydrogen) atoms. The van der Waals surface area contributed by atoms with Crippen molar-refractivity contribution in [2.75, 3.05) is 19.4 Å². The lowest BCUT2D eigenvalue weighted by molar-refractivity contribution is -0.115. The molecule has 0 radical (unpaired) electrons. The predicted molar refractivity (Wildman–Crippen MR) is 112 cm³/mol. The molecule has 2 N–H and O–H groups in total. The monoisotopic (exact) mass is 418 g/mol. The molecule has 2 aromatic carbocycles. The first-order chi connectivity index (χ1) is 13.2. The van der Waals surface area contributed by atoms with Crippen LogP contribution in [0.2, 0.25) is 0 Å². The van der Waals surface area contributed by atoms with Crippen LogP contribution in [0.4, 0.5) is 5.69 Å². The van der Waals surface area contributed by atoms with E-state index in [-0.39, 0.29) is 10.8 Å². The van der Waals surface area contributed by atoms with Crippen molar-refractivity contribution in [2.45, 2.75) is 29.1 Å². The summed E-state index contributed by atoms with van der Waals surface area (Å²) in [4.78, 5) is 20.4. The van der Waals surface area contributed by atoms with Gasteiger partial charge in [0.15, 0.2) is 5.16 Å². The zero-order valence-electron chi connectivity index (χ0n) is 16.1. The maximum atomic E-state index is 12.6. The first-order valence-corrected chi connectivity index (χ1v) is 11.0. The number of thioether (sulfide) groups is 1. The summed E-state index contributed by atoms with van der Waals surface area (Å²) < 4.78 is 25.8. The molecule has 0 aliphatic carbocycles. The van der Waals surface area contributed by atoms with Crippen LogP contribution in [0, 0.1) is 6.92 Å². The molecule has 3 aromatic rings. The molecular formula is C19H22N4O3S2. The highest BCUT2D eigenvalue weighted by Crippen LogP contribution is 2.26. The van der Waals surface area contributed by atoms with Gasteiger partial charge in [0.2, 0.25) is 15.9 Å². The molecule has 1 aromatic heterocycles. The summed E-state index contributed by atoms with van der Waals surface area (Å²) in [7, 11) is -0.630. The van der Waals surface area contributed by atoms with E-state index >= 15 is 0 Å². The lowest BCUT2D eigenvalue weighted by atomic mass is 10.2. The number of anilines is 1. The molecule has 0 saturated heterocycles. The number of carbonyl (C=O) groups is 1. The van der Waals surface area contributed by atoms with Crippen molar-refractivity contribution in [3.63, 3.8) is 0 Å². The van der Waals surface area contributed by atoms with E-state index in [0.717, 1.165) is 20.9 Å². The van der Waals surface area contributed by atoms with E-state index in [1.165, 1.54) is 38.0 Å². The molecule has 0 aliphatic heterocycles. The molecule has 0 spiro atoms. The largest absolute Gasteiger partial charge is 0.333 e. The average Bonchev–Trinajstić information content (AvgIpc) is 3.05. The van der Waals surface area contributed by atoms with Crippen molar-refractivity contribution in [3.8, 4) is 0 Å². The second-order valence-corrected chi connectivity index (χ2v) is 10.1. The van der Waals surface area contributed by atoms with Gasteiger partial charge in [-0.1, -0.05) is 30.0 Å². The summed E-state index contributed by atoms with van der Waals surface area (Å²) in [6.45, 7) is 3.60. The zero-order valence-corrected chi connectivity index (χ0v) is 17.7. The minimum absolute atomic E-state index is 0.135. The quantitative estimate of drug-likeness (QED) is 0.599. The number of nitrogens with zero attached hydrogens (tertiary/aromatic N) is 2. The van der Waals surface area contributed by atoms with Crippen LogP contribution < -0.4 is 5.32 Å². The number of aromatic nitrogens is 2. The Morgan fingerprint density at radius 1 is 1.21 bits per heavy atom. The van der Waals surface area contributed by atoms with E-state index in [0.29, 0.717) is 10.8 Å². The number of carbonyl (C=O) groups excluding carboxylic acids is 1. The van der Waals surface area contributed by atoms with Gasteiger partial charge in [0.25, 0.3) is 0 Å². The van der Waals surface area contributed by atoms with Crippen LogP contribution in [0.5, 0.6) is 0 Å². The van der Waals surface area contributed by atoms with Crippen molar-refractivity contribution in [1.29, 1.82) is 0 Å². The minimum atomic E-state index is -3.57. The highest BCUT2D eigenvalue weighted by atomic mass is 32.2. The van der Waals surface area contributed by atoms with Gasteiger partial charge in [0, 0.05) is 19.8 Å². The maximum absolute atomic E-state index is 12.6. The highest BCUT2D eigenvalue weighted by molar-refractivity contribution is 8.00. The fourth-order valence-corrected chi connectivity index (χ4v) is 4.30. The Kier molecular flexibility index (Phi) is 5.78. The fraction of sp³-hybridized carbons (Fsp3) is 0.263. The number of benzene rings is 2. The number of nitrogens with one attached hydrogen (secondary N) is 2. The molecule has 0 aliphatic rings. The topological polar surface area (TPSA) is 95.2 Å². The lowest BCUT2D eigenvalue weighted by Crippen LogP contribution is -2.24. The summed E-state index contributed by atoms with van der Waals surface area (Å²) in [6, 6.07) is 12.4. The number of hydrogen-bond donors (Lipinski definition) is 2. The molecule has 148 valence electrons. The molecule has 0 saturated carbocycles. The lowest BCUT2D eigenvalue weighted by Gasteiger charge is -2.16. The SMILES string of the molecule is Cc1ccc(S(=O)(=O)N(C)C)cc1NC(=O)C(C)Sc1nc2ccccc2[nH]1. The van der Waals surface area contributed by atoms with Gasteiger partial charge in [-0.25, -0.2) is 17.7 Å². The van der Waals surface area contributed by atoms with E-state index in [1.54, 1.807) is 13.0 Å². The Balaban J connectivity index is 1.76. The minimum Gasteiger partial charge on any atom is -0.333 e. The number of imidazole rings is 1. The standard InChI is InChI=1S/C19H22N4O3S2/c1-12-9-10-14(28(25,26)23(3)4)11-17(12)20-18(24)13(2)27-19-21-15-7-5-6-8-16(15)22-19/h5-11,13H,1-4H3,(H,20,24)(H,21,22). The van der Waals surface area contributed by atoms with Crippen LogP contribution in [-0.2, 0) is 14.8 Å². The third-order valence-corrected chi connectivity index (χ3v) is 7.07. The van der Waals surface area contributed by atoms with E-state index in [9.17, 15) is 13.2 Å². The van der Waals surface area contributed by atoms with Gasteiger partial charge in [-0.15, -0.1) is 0 Å². The Morgan fingerprint density at radius 3 is 2.61 bits per heavy atom. The van der Waals surface area contributed by atoms with Crippen molar-refractivity contribution in [2.24, 2.45) is 0 Å². The highest BCUT2D eigenvalue weighted by Gasteiger charge is 2.21. The molecule has 7 nitrogen and oxygen atoms in total. The summed E-state index contributed by atoms with van der Waals surface area (Å²) in [5.74, 6) is -0.229. The van der Waals surface area contributed by atoms with E-state index in [1.807, 2.05) is 31.2 Å². The van der Waals surface area contributed by atoms with E-state index in [4.69, 9.17) is 0 Å². The van der Waals surface area contributed by atoms with Crippen LogP contribution >= 0.6 is 11.8 Å². The molecule has 3 rings (SSSR count). The average molecular weight is 419 g/mol. The van der Waals surface area contributed by atoms with Gasteiger partial charge >= 0.3 is 0 Å². The van der Waals surface area contributed by atoms with Gasteiger partial charge in [0.05, 0.1) is 21.2 Å². The number of aromatic amines is 1. The summed E-state index contributed by atoms with van der Waals surface area (Å²) in [6.07, 6.45) is 0. The molecule has 0 bridgehead atoms. The second-order valence-electron chi connectivity index (χ2n) is 6.57. The molecule has 0 fully saturated rings. The van der Waals surface area contributed by atoms with Gasteiger partial charge in [0.1, 0.15) is 0 Å². The van der Waals surface area contributed by atoms with E-state index in [2.05, 4.69) is 15.3 Å². The van der Waals surface area contributed by atoms with Crippen molar-refractivity contribution in [1.82, 2.24) is 14.3 Å². The van der Waals surface area contributed by atoms with Crippen molar-refractivity contribution in [3.05, 3.63) is 48.0 Å². The number of fused-ring (bicyclic) bond motifs is 1. The zero-order chi connectivity index (χ0) is 20.5. The van der Waals surface area contributed by atoms with Crippen LogP contribution in [0.1, 0.15) is 12.5 Å². The normalized spacial score (nSPS) is 13.0. The van der Waals surface area contributed by atoms with Crippen LogP contribution in [0.3, 0.4) is 0 Å². The van der Waals surface area contributed by atoms with Crippen LogP contribution in [-0.4, -0.2) is 47.9 Å². The number of sulfonamides is 1. The molecule has 1 heterocycles. The smallest absolute Gasteiger partial charge is 0.242 e. The first kappa shape index (κ1) is 20.4. The third kappa shape index (κ3) is 4.21. The number of hydrogen-bond acceptors (Lipinski definition) is 5. The predicted octanol–water partition coefficient (Wildman–Crippen LogP) is 3.24. The van der Waals surface area contributed by atoms with Crippen molar-refractivity contribution < 1.29 is 13.2 Å². The Morgan fingerprint density at radius 2 is 1.93 bits per heavy atom. The Bertz CT molecular complexity index is 1090.